The van der Waals surface area contributed by atoms with Crippen LogP contribution < -0.4 is 22.0 Å². The van der Waals surface area contributed by atoms with E-state index in [0.29, 0.717) is 12.1 Å². The van der Waals surface area contributed by atoms with Crippen LogP contribution in [-0.4, -0.2) is 65.2 Å². The van der Waals surface area contributed by atoms with Crippen molar-refractivity contribution in [3.63, 3.8) is 0 Å². The van der Waals surface area contributed by atoms with Gasteiger partial charge in [-0.25, -0.2) is 4.98 Å². The fourth-order valence-corrected chi connectivity index (χ4v) is 5.15. The van der Waals surface area contributed by atoms with Crippen molar-refractivity contribution in [2.45, 2.75) is 46.1 Å². The maximum atomic E-state index is 12.5. The van der Waals surface area contributed by atoms with E-state index in [1.165, 1.54) is 11.1 Å². The molecule has 14 heteroatoms. The van der Waals surface area contributed by atoms with Crippen LogP contribution in [0.4, 0.5) is 5.82 Å². The summed E-state index contributed by atoms with van der Waals surface area (Å²) in [5.74, 6) is 70.7. The molecule has 0 spiro atoms. The lowest BCUT2D eigenvalue weighted by Crippen LogP contribution is -2.38. The molecule has 1 aliphatic rings. The highest BCUT2D eigenvalue weighted by Crippen LogP contribution is 2.24. The average molecular weight is 949 g/mol. The lowest BCUT2D eigenvalue weighted by atomic mass is 10.0. The molecular formula is C56H72N10O4. The number of nitrogens with two attached hydrogens (primary N) is 1. The minimum absolute atomic E-state index is 0. The van der Waals surface area contributed by atoms with Gasteiger partial charge in [-0.2, -0.15) is 0 Å². The van der Waals surface area contributed by atoms with Crippen LogP contribution in [0.5, 0.6) is 0 Å². The Morgan fingerprint density at radius 2 is 1.24 bits per heavy atom. The van der Waals surface area contributed by atoms with Gasteiger partial charge in [0.25, 0.3) is 5.91 Å². The predicted octanol–water partition coefficient (Wildman–Crippen LogP) is 8.07. The first kappa shape index (κ1) is 55.7. The topological polar surface area (TPSA) is 185 Å². The highest BCUT2D eigenvalue weighted by Gasteiger charge is 2.13. The number of aromatic nitrogens is 2. The minimum Gasteiger partial charge on any atom is -0.379 e. The number of anilines is 1. The molecular weight excluding hydrogens is 877 g/mol. The largest absolute Gasteiger partial charge is 0.379 e. The Labute approximate surface area is 431 Å². The zero-order valence-corrected chi connectivity index (χ0v) is 38.7. The van der Waals surface area contributed by atoms with Crippen molar-refractivity contribution >= 4 is 11.7 Å². The zero-order chi connectivity index (χ0) is 50.4. The second-order valence-electron chi connectivity index (χ2n) is 12.9. The Hall–Kier alpha value is -10.4. The summed E-state index contributed by atoms with van der Waals surface area (Å²) in [4.78, 5) is 33.3. The molecule has 0 saturated carbocycles. The first-order valence-corrected chi connectivity index (χ1v) is 21.1. The molecule has 70 heavy (non-hydrogen) atoms. The number of amides is 1. The highest BCUT2D eigenvalue weighted by molar-refractivity contribution is 5.94. The van der Waals surface area contributed by atoms with Gasteiger partial charge in [0.05, 0.1) is 47.6 Å². The van der Waals surface area contributed by atoms with Gasteiger partial charge in [0.1, 0.15) is 5.82 Å². The van der Waals surface area contributed by atoms with Gasteiger partial charge in [-0.1, -0.05) is 67.6 Å². The monoisotopic (exact) mass is 949 g/mol. The summed E-state index contributed by atoms with van der Waals surface area (Å²) in [6, 6.07) is 18.1. The van der Waals surface area contributed by atoms with Crippen LogP contribution in [0.15, 0.2) is 77.4 Å². The van der Waals surface area contributed by atoms with Crippen LogP contribution in [0.3, 0.4) is 0 Å². The molecule has 1 fully saturated rings. The number of nitrogens with zero attached hydrogens (tertiary/aromatic N) is 6. The zero-order valence-electron chi connectivity index (χ0n) is 38.7. The van der Waals surface area contributed by atoms with Crippen molar-refractivity contribution in [2.75, 3.05) is 44.7 Å². The van der Waals surface area contributed by atoms with Crippen molar-refractivity contribution in [3.05, 3.63) is 88.2 Å². The molecule has 0 bridgehead atoms. The van der Waals surface area contributed by atoms with Gasteiger partial charge in [0, 0.05) is 104 Å². The van der Waals surface area contributed by atoms with E-state index in [1.54, 1.807) is 26.2 Å². The Kier molecular flexibility index (Phi) is 31.0. The second kappa shape index (κ2) is 39.0. The summed E-state index contributed by atoms with van der Waals surface area (Å²) in [5, 5.41) is 20.1. The maximum Gasteiger partial charge on any atom is 0.251 e. The number of rotatable bonds is 13. The van der Waals surface area contributed by atoms with Crippen molar-refractivity contribution < 1.29 is 34.5 Å². The highest BCUT2D eigenvalue weighted by atomic mass is 16.7. The number of nitrogens with one attached hydrogen (secondary N) is 3. The van der Waals surface area contributed by atoms with Gasteiger partial charge in [-0.3, -0.25) is 20.5 Å². The molecule has 1 aliphatic heterocycles. The smallest absolute Gasteiger partial charge is 0.251 e. The summed E-state index contributed by atoms with van der Waals surface area (Å²) in [7, 11) is 0. The van der Waals surface area contributed by atoms with E-state index in [1.807, 2.05) is 30.3 Å². The second-order valence-corrected chi connectivity index (χ2v) is 12.9. The summed E-state index contributed by atoms with van der Waals surface area (Å²) in [5.41, 5.74) is 4.94. The number of carbonyl (C=O) groups excluding carboxylic acids is 1. The Morgan fingerprint density at radius 1 is 0.757 bits per heavy atom. The number of benzene rings is 2. The third kappa shape index (κ3) is 28.4. The van der Waals surface area contributed by atoms with E-state index in [9.17, 15) is 14.9 Å². The molecule has 370 valence electrons. The van der Waals surface area contributed by atoms with Crippen LogP contribution >= 0.6 is 0 Å². The number of hydrogen-bond acceptors (Lipinski definition) is 10. The predicted molar refractivity (Wildman–Crippen MR) is 301 cm³/mol. The Balaban J connectivity index is -0.0000000862. The van der Waals surface area contributed by atoms with Crippen LogP contribution in [0.2, 0.25) is 0 Å². The van der Waals surface area contributed by atoms with Crippen LogP contribution in [0.1, 0.15) is 82.0 Å². The van der Waals surface area contributed by atoms with Gasteiger partial charge in [0.15, 0.2) is 5.22 Å². The molecule has 0 radical (unpaired) electrons. The lowest BCUT2D eigenvalue weighted by Gasteiger charge is -2.26. The van der Waals surface area contributed by atoms with E-state index in [2.05, 4.69) is 222 Å². The SMILES string of the molecule is CC#CC#CC#CC#CC#CC#CC#CC#CC#CC#CC#CC#CC#CC.CCCC(Nc1cncc(-c2ccc(C(=O)NCCCN3CCOCC3)cc2)n1)c1ccccc1.NN=NN[N+](=O)[O-].[HH].[HH].[HH].[HH].[HH].[HH].[HH].[HH].[HH].[HH].[HH].[HH].[HH].[HH]. The Morgan fingerprint density at radius 3 is 1.67 bits per heavy atom. The number of hydrogen-bond donors (Lipinski definition) is 4. The third-order valence-electron chi connectivity index (χ3n) is 8.09. The van der Waals surface area contributed by atoms with E-state index in [0.717, 1.165) is 69.2 Å². The first-order chi connectivity index (χ1) is 34.4. The third-order valence-corrected chi connectivity index (χ3v) is 8.09. The van der Waals surface area contributed by atoms with Gasteiger partial charge < -0.3 is 25.5 Å². The van der Waals surface area contributed by atoms with E-state index in [4.69, 9.17) is 9.72 Å². The van der Waals surface area contributed by atoms with Crippen molar-refractivity contribution in [1.29, 1.82) is 0 Å². The molecule has 4 rings (SSSR count). The average Bonchev–Trinajstić information content (AvgIpc) is 3.39. The molecule has 2 aromatic carbocycles. The molecule has 1 amide bonds. The van der Waals surface area contributed by atoms with Crippen LogP contribution in [0, 0.1) is 164 Å². The molecule has 1 aromatic heterocycles. The maximum absolute atomic E-state index is 12.5. The quantitative estimate of drug-likeness (QED) is 0.0326. The first-order valence-electron chi connectivity index (χ1n) is 21.1. The van der Waals surface area contributed by atoms with Crippen molar-refractivity contribution in [3.8, 4) is 165 Å². The molecule has 5 N–H and O–H groups in total. The van der Waals surface area contributed by atoms with E-state index >= 15 is 0 Å². The van der Waals surface area contributed by atoms with E-state index in [-0.39, 0.29) is 31.9 Å². The normalized spacial score (nSPS) is 9.93. The number of nitro groups is 1. The molecule has 3 aromatic rings. The molecule has 1 atom stereocenters. The standard InChI is InChI=1S/C28H35N5O2.C28H6.H3N5O2.14H2/c1-2-7-25(22-8-4-3-5-9-22)31-27-21-29-20-26(32-27)23-10-12-24(13-11-23)28(34)30-14-6-15-33-16-18-35-19-17-33;1-3-5-7-9-11-13-15-17-19-21-23-25-27-28-26-24-22-20-18-16-14-12-10-8-6-4-2;1-2-3-4-5(6)7;;;;;;;;;;;;;;/h3-5,8-13,20-21,25H,2,6-7,14-19H2,1H3,(H,30,34)(H,31,32);1-2H3;(H2,1,3)(H,2,4);14*1H. The fraction of sp³-hybridized carbons (Fsp3) is 0.232. The summed E-state index contributed by atoms with van der Waals surface area (Å²) >= 11 is 0. The number of hydrazine groups is 1. The number of ether oxygens (including phenoxy) is 1. The molecule has 2 heterocycles. The summed E-state index contributed by atoms with van der Waals surface area (Å²) in [6.45, 7) is 10.8. The Bertz CT molecular complexity index is 3060. The molecule has 1 unspecified atom stereocenters. The minimum atomic E-state index is -0.879. The van der Waals surface area contributed by atoms with Gasteiger partial charge >= 0.3 is 0 Å². The van der Waals surface area contributed by atoms with Gasteiger partial charge in [-0.15, -0.1) is 0 Å². The molecule has 14 nitrogen and oxygen atoms in total. The van der Waals surface area contributed by atoms with Crippen LogP contribution in [-0.2, 0) is 4.74 Å². The number of morpholine rings is 1. The van der Waals surface area contributed by atoms with Gasteiger partial charge in [0.2, 0.25) is 0 Å². The summed E-state index contributed by atoms with van der Waals surface area (Å²) < 4.78 is 5.37. The van der Waals surface area contributed by atoms with Crippen molar-refractivity contribution in [1.82, 2.24) is 25.7 Å². The summed E-state index contributed by atoms with van der Waals surface area (Å²) in [6.07, 6.45) is 6.51. The number of carbonyl (C=O) groups is 1. The van der Waals surface area contributed by atoms with Crippen molar-refractivity contribution in [2.24, 2.45) is 16.3 Å². The van der Waals surface area contributed by atoms with E-state index < -0.39 is 5.03 Å². The molecule has 0 aliphatic carbocycles. The molecule has 1 saturated heterocycles. The van der Waals surface area contributed by atoms with Crippen LogP contribution in [0.25, 0.3) is 11.3 Å². The fourth-order valence-electron chi connectivity index (χ4n) is 5.15. The lowest BCUT2D eigenvalue weighted by molar-refractivity contribution is -0.546. The van der Waals surface area contributed by atoms with Gasteiger partial charge in [-0.05, 0) is 146 Å².